The number of esters is 1. The summed E-state index contributed by atoms with van der Waals surface area (Å²) in [5.41, 5.74) is 1.83. The Kier molecular flexibility index (Phi) is 10.3. The second-order valence-corrected chi connectivity index (χ2v) is 8.47. The molecule has 0 fully saturated rings. The minimum Gasteiger partial charge on any atom is -0.495 e. The van der Waals surface area contributed by atoms with Crippen molar-refractivity contribution in [3.63, 3.8) is 0 Å². The highest BCUT2D eigenvalue weighted by molar-refractivity contribution is 8.01. The second kappa shape index (κ2) is 13.2. The van der Waals surface area contributed by atoms with Crippen molar-refractivity contribution in [1.82, 2.24) is 5.32 Å². The van der Waals surface area contributed by atoms with Crippen LogP contribution in [0.15, 0.2) is 42.5 Å². The topological polar surface area (TPSA) is 123 Å². The van der Waals surface area contributed by atoms with Crippen LogP contribution in [0.2, 0.25) is 0 Å². The Morgan fingerprint density at radius 1 is 1.00 bits per heavy atom. The molecule has 0 aliphatic heterocycles. The lowest BCUT2D eigenvalue weighted by molar-refractivity contribution is -0.147. The number of aryl methyl sites for hydroxylation is 1. The fourth-order valence-corrected chi connectivity index (χ4v) is 3.27. The molecule has 0 aliphatic carbocycles. The molecular formula is C23H26FN3O6S. The SMILES string of the molecule is COc1ccc(C)cc1NC(=O)CNC(=O)COC(=O)C(C)SCC(=O)Nc1ccc(F)cc1. The third-order valence-electron chi connectivity index (χ3n) is 4.35. The third-order valence-corrected chi connectivity index (χ3v) is 5.47. The van der Waals surface area contributed by atoms with Crippen LogP contribution in [-0.2, 0) is 23.9 Å². The first kappa shape index (κ1) is 26.7. The van der Waals surface area contributed by atoms with E-state index < -0.39 is 35.5 Å². The summed E-state index contributed by atoms with van der Waals surface area (Å²) in [6, 6.07) is 10.6. The van der Waals surface area contributed by atoms with Crippen molar-refractivity contribution in [2.45, 2.75) is 19.1 Å². The Labute approximate surface area is 200 Å². The number of carbonyl (C=O) groups excluding carboxylic acids is 4. The van der Waals surface area contributed by atoms with Crippen LogP contribution in [0, 0.1) is 12.7 Å². The van der Waals surface area contributed by atoms with E-state index >= 15 is 0 Å². The van der Waals surface area contributed by atoms with E-state index in [-0.39, 0.29) is 18.2 Å². The third kappa shape index (κ3) is 9.10. The molecule has 0 aliphatic rings. The lowest BCUT2D eigenvalue weighted by Crippen LogP contribution is -2.36. The molecule has 2 aromatic rings. The first-order chi connectivity index (χ1) is 16.2. The van der Waals surface area contributed by atoms with Gasteiger partial charge in [0.25, 0.3) is 5.91 Å². The van der Waals surface area contributed by atoms with E-state index in [1.807, 2.05) is 13.0 Å². The van der Waals surface area contributed by atoms with Crippen LogP contribution in [0.5, 0.6) is 5.75 Å². The molecule has 9 nitrogen and oxygen atoms in total. The van der Waals surface area contributed by atoms with E-state index in [2.05, 4.69) is 16.0 Å². The summed E-state index contributed by atoms with van der Waals surface area (Å²) in [4.78, 5) is 48.0. The molecule has 11 heteroatoms. The van der Waals surface area contributed by atoms with Crippen LogP contribution in [0.1, 0.15) is 12.5 Å². The van der Waals surface area contributed by atoms with Gasteiger partial charge in [-0.15, -0.1) is 11.8 Å². The zero-order valence-corrected chi connectivity index (χ0v) is 19.8. The van der Waals surface area contributed by atoms with E-state index in [1.165, 1.54) is 31.4 Å². The number of halogens is 1. The van der Waals surface area contributed by atoms with Crippen LogP contribution in [0.25, 0.3) is 0 Å². The molecule has 34 heavy (non-hydrogen) atoms. The average Bonchev–Trinajstić information content (AvgIpc) is 2.81. The zero-order chi connectivity index (χ0) is 25.1. The molecule has 0 spiro atoms. The number of thioether (sulfide) groups is 1. The molecule has 1 unspecified atom stereocenters. The van der Waals surface area contributed by atoms with Crippen molar-refractivity contribution in [3.05, 3.63) is 53.8 Å². The molecule has 3 N–H and O–H groups in total. The van der Waals surface area contributed by atoms with Crippen LogP contribution in [0.4, 0.5) is 15.8 Å². The second-order valence-electron chi connectivity index (χ2n) is 7.14. The molecule has 0 saturated carbocycles. The van der Waals surface area contributed by atoms with E-state index in [0.717, 1.165) is 17.3 Å². The van der Waals surface area contributed by atoms with Crippen molar-refractivity contribution >= 4 is 46.8 Å². The Hall–Kier alpha value is -3.60. The van der Waals surface area contributed by atoms with Gasteiger partial charge in [0.2, 0.25) is 11.8 Å². The quantitative estimate of drug-likeness (QED) is 0.413. The number of hydrogen-bond donors (Lipinski definition) is 3. The number of rotatable bonds is 11. The Balaban J connectivity index is 1.67. The maximum atomic E-state index is 12.9. The van der Waals surface area contributed by atoms with Crippen molar-refractivity contribution < 1.29 is 33.0 Å². The fraction of sp³-hybridized carbons (Fsp3) is 0.304. The van der Waals surface area contributed by atoms with Gasteiger partial charge in [0, 0.05) is 5.69 Å². The number of ether oxygens (including phenoxy) is 2. The fourth-order valence-electron chi connectivity index (χ4n) is 2.60. The van der Waals surface area contributed by atoms with Gasteiger partial charge in [0.15, 0.2) is 6.61 Å². The molecule has 0 radical (unpaired) electrons. The number of anilines is 2. The highest BCUT2D eigenvalue weighted by atomic mass is 32.2. The van der Waals surface area contributed by atoms with Gasteiger partial charge < -0.3 is 25.4 Å². The van der Waals surface area contributed by atoms with Crippen molar-refractivity contribution in [2.75, 3.05) is 36.6 Å². The lowest BCUT2D eigenvalue weighted by Gasteiger charge is -2.13. The van der Waals surface area contributed by atoms with Gasteiger partial charge >= 0.3 is 5.97 Å². The number of amides is 3. The molecule has 0 heterocycles. The molecule has 1 atom stereocenters. The van der Waals surface area contributed by atoms with Gasteiger partial charge in [-0.2, -0.15) is 0 Å². The van der Waals surface area contributed by atoms with Gasteiger partial charge in [0.1, 0.15) is 16.8 Å². The molecular weight excluding hydrogens is 465 g/mol. The number of hydrogen-bond acceptors (Lipinski definition) is 7. The summed E-state index contributed by atoms with van der Waals surface area (Å²) in [6.07, 6.45) is 0. The van der Waals surface area contributed by atoms with Gasteiger partial charge in [-0.3, -0.25) is 19.2 Å². The maximum Gasteiger partial charge on any atom is 0.319 e. The number of carbonyl (C=O) groups is 4. The van der Waals surface area contributed by atoms with Crippen LogP contribution in [-0.4, -0.2) is 55.0 Å². The van der Waals surface area contributed by atoms with Crippen molar-refractivity contribution in [3.8, 4) is 5.75 Å². The predicted octanol–water partition coefficient (Wildman–Crippen LogP) is 2.50. The number of benzene rings is 2. The van der Waals surface area contributed by atoms with E-state index in [1.54, 1.807) is 19.1 Å². The summed E-state index contributed by atoms with van der Waals surface area (Å²) in [5.74, 6) is -2.14. The molecule has 2 aromatic carbocycles. The first-order valence-electron chi connectivity index (χ1n) is 10.2. The molecule has 0 bridgehead atoms. The summed E-state index contributed by atoms with van der Waals surface area (Å²) >= 11 is 1.02. The van der Waals surface area contributed by atoms with E-state index in [9.17, 15) is 23.6 Å². The highest BCUT2D eigenvalue weighted by Gasteiger charge is 2.18. The Bertz CT molecular complexity index is 1030. The monoisotopic (exact) mass is 491 g/mol. The highest BCUT2D eigenvalue weighted by Crippen LogP contribution is 2.24. The summed E-state index contributed by atoms with van der Waals surface area (Å²) < 4.78 is 23.0. The largest absolute Gasteiger partial charge is 0.495 e. The van der Waals surface area contributed by atoms with E-state index in [0.29, 0.717) is 17.1 Å². The van der Waals surface area contributed by atoms with E-state index in [4.69, 9.17) is 9.47 Å². The summed E-state index contributed by atoms with van der Waals surface area (Å²) in [5, 5.41) is 6.88. The molecule has 0 aromatic heterocycles. The minimum atomic E-state index is -0.705. The summed E-state index contributed by atoms with van der Waals surface area (Å²) in [6.45, 7) is 2.52. The normalized spacial score (nSPS) is 11.2. The lowest BCUT2D eigenvalue weighted by atomic mass is 10.2. The zero-order valence-electron chi connectivity index (χ0n) is 19.0. The van der Waals surface area contributed by atoms with Crippen LogP contribution < -0.4 is 20.7 Å². The molecule has 2 rings (SSSR count). The molecule has 3 amide bonds. The molecule has 0 saturated heterocycles. The Morgan fingerprint density at radius 2 is 1.71 bits per heavy atom. The van der Waals surface area contributed by atoms with Crippen molar-refractivity contribution in [1.29, 1.82) is 0 Å². The first-order valence-corrected chi connectivity index (χ1v) is 11.3. The minimum absolute atomic E-state index is 0.0393. The van der Waals surface area contributed by atoms with Crippen LogP contribution >= 0.6 is 11.8 Å². The number of nitrogens with one attached hydrogen (secondary N) is 3. The van der Waals surface area contributed by atoms with Gasteiger partial charge in [-0.25, -0.2) is 4.39 Å². The summed E-state index contributed by atoms with van der Waals surface area (Å²) in [7, 11) is 1.48. The Morgan fingerprint density at radius 3 is 2.38 bits per heavy atom. The maximum absolute atomic E-state index is 12.9. The molecule has 182 valence electrons. The number of methoxy groups -OCH3 is 1. The van der Waals surface area contributed by atoms with Gasteiger partial charge in [-0.1, -0.05) is 6.07 Å². The van der Waals surface area contributed by atoms with Crippen LogP contribution in [0.3, 0.4) is 0 Å². The van der Waals surface area contributed by atoms with Crippen molar-refractivity contribution in [2.24, 2.45) is 0 Å². The van der Waals surface area contributed by atoms with Gasteiger partial charge in [0.05, 0.1) is 25.1 Å². The smallest absolute Gasteiger partial charge is 0.319 e. The average molecular weight is 492 g/mol. The standard InChI is InChI=1S/C23H26FN3O6S/c1-14-4-9-19(32-3)18(10-14)27-20(28)11-25-21(29)12-33-23(31)15(2)34-13-22(30)26-17-7-5-16(24)6-8-17/h4-10,15H,11-13H2,1-3H3,(H,25,29)(H,26,30)(H,27,28). The van der Waals surface area contributed by atoms with Gasteiger partial charge in [-0.05, 0) is 55.8 Å². The predicted molar refractivity (Wildman–Crippen MR) is 127 cm³/mol.